The molecule has 4 nitrogen and oxygen atoms in total. The molecule has 92 valence electrons. The summed E-state index contributed by atoms with van der Waals surface area (Å²) in [6.07, 6.45) is 0. The molecular formula is C13H18N2O2. The fourth-order valence-corrected chi connectivity index (χ4v) is 1.68. The Kier molecular flexibility index (Phi) is 3.33. The number of anilines is 1. The molecule has 0 aliphatic rings. The molecule has 0 aliphatic carbocycles. The number of rotatable bonds is 5. The number of nitrogens with one attached hydrogen (secondary N) is 1. The molecule has 1 N–H and O–H groups in total. The number of hydrogen-bond acceptors (Lipinski definition) is 4. The van der Waals surface area contributed by atoms with Crippen molar-refractivity contribution in [1.82, 2.24) is 4.98 Å². The van der Waals surface area contributed by atoms with Crippen molar-refractivity contribution in [3.8, 4) is 0 Å². The van der Waals surface area contributed by atoms with Gasteiger partial charge in [0, 0.05) is 13.2 Å². The first-order valence-corrected chi connectivity index (χ1v) is 5.84. The van der Waals surface area contributed by atoms with Crippen molar-refractivity contribution >= 4 is 17.1 Å². The van der Waals surface area contributed by atoms with Crippen LogP contribution in [0, 0.1) is 0 Å². The van der Waals surface area contributed by atoms with E-state index in [0.29, 0.717) is 19.2 Å². The van der Waals surface area contributed by atoms with E-state index in [2.05, 4.69) is 10.3 Å². The van der Waals surface area contributed by atoms with E-state index in [9.17, 15) is 0 Å². The third-order valence-electron chi connectivity index (χ3n) is 2.49. The smallest absolute Gasteiger partial charge is 0.295 e. The first-order valence-electron chi connectivity index (χ1n) is 5.84. The first kappa shape index (κ1) is 11.9. The van der Waals surface area contributed by atoms with Gasteiger partial charge in [0.1, 0.15) is 5.52 Å². The number of ether oxygens (including phenoxy) is 1. The third-order valence-corrected chi connectivity index (χ3v) is 2.49. The van der Waals surface area contributed by atoms with Gasteiger partial charge in [-0.15, -0.1) is 0 Å². The largest absolute Gasteiger partial charge is 0.424 e. The van der Waals surface area contributed by atoms with E-state index in [1.54, 1.807) is 0 Å². The van der Waals surface area contributed by atoms with Gasteiger partial charge in [-0.3, -0.25) is 0 Å². The lowest BCUT2D eigenvalue weighted by molar-refractivity contribution is 0.000371. The van der Waals surface area contributed by atoms with E-state index in [-0.39, 0.29) is 5.60 Å². The lowest BCUT2D eigenvalue weighted by Crippen LogP contribution is -2.33. The third kappa shape index (κ3) is 2.97. The Labute approximate surface area is 101 Å². The molecule has 1 aromatic carbocycles. The lowest BCUT2D eigenvalue weighted by atomic mass is 10.1. The maximum absolute atomic E-state index is 5.59. The van der Waals surface area contributed by atoms with E-state index in [1.807, 2.05) is 45.0 Å². The molecule has 0 radical (unpaired) electrons. The van der Waals surface area contributed by atoms with Crippen molar-refractivity contribution in [2.75, 3.05) is 18.5 Å². The van der Waals surface area contributed by atoms with Crippen LogP contribution in [0.4, 0.5) is 6.01 Å². The second-order valence-electron chi connectivity index (χ2n) is 4.53. The summed E-state index contributed by atoms with van der Waals surface area (Å²) in [5.41, 5.74) is 1.43. The average molecular weight is 234 g/mol. The van der Waals surface area contributed by atoms with Crippen LogP contribution in [0.25, 0.3) is 11.1 Å². The van der Waals surface area contributed by atoms with Crippen LogP contribution in [0.2, 0.25) is 0 Å². The summed E-state index contributed by atoms with van der Waals surface area (Å²) < 4.78 is 11.2. The Morgan fingerprint density at radius 2 is 2.12 bits per heavy atom. The van der Waals surface area contributed by atoms with Crippen LogP contribution in [0.15, 0.2) is 28.7 Å². The van der Waals surface area contributed by atoms with Gasteiger partial charge in [-0.2, -0.15) is 4.98 Å². The number of para-hydroxylation sites is 2. The molecule has 4 heteroatoms. The van der Waals surface area contributed by atoms with E-state index >= 15 is 0 Å². The molecule has 1 heterocycles. The molecule has 0 bridgehead atoms. The summed E-state index contributed by atoms with van der Waals surface area (Å²) in [7, 11) is 0. The summed E-state index contributed by atoms with van der Waals surface area (Å²) in [6, 6.07) is 8.25. The minimum atomic E-state index is -0.227. The molecular weight excluding hydrogens is 216 g/mol. The average Bonchev–Trinajstić information content (AvgIpc) is 2.69. The predicted octanol–water partition coefficient (Wildman–Crippen LogP) is 3.05. The van der Waals surface area contributed by atoms with Crippen molar-refractivity contribution in [3.63, 3.8) is 0 Å². The van der Waals surface area contributed by atoms with Gasteiger partial charge < -0.3 is 14.5 Å². The second kappa shape index (κ2) is 4.75. The number of fused-ring (bicyclic) bond motifs is 1. The minimum Gasteiger partial charge on any atom is -0.424 e. The Hall–Kier alpha value is -1.55. The standard InChI is InChI=1S/C13H18N2O2/c1-4-16-13(2,3)9-14-12-15-10-7-5-6-8-11(10)17-12/h5-8H,4,9H2,1-3H3,(H,14,15). The van der Waals surface area contributed by atoms with E-state index < -0.39 is 0 Å². The van der Waals surface area contributed by atoms with E-state index in [4.69, 9.17) is 9.15 Å². The highest BCUT2D eigenvalue weighted by Crippen LogP contribution is 2.19. The number of benzene rings is 1. The van der Waals surface area contributed by atoms with Crippen LogP contribution in [0.5, 0.6) is 0 Å². The van der Waals surface area contributed by atoms with Crippen molar-refractivity contribution in [3.05, 3.63) is 24.3 Å². The van der Waals surface area contributed by atoms with Crippen LogP contribution in [-0.2, 0) is 4.74 Å². The molecule has 0 saturated carbocycles. The van der Waals surface area contributed by atoms with Crippen molar-refractivity contribution in [2.45, 2.75) is 26.4 Å². The summed E-state index contributed by atoms with van der Waals surface area (Å²) in [6.45, 7) is 7.41. The number of aromatic nitrogens is 1. The van der Waals surface area contributed by atoms with Crippen molar-refractivity contribution < 1.29 is 9.15 Å². The molecule has 0 fully saturated rings. The van der Waals surface area contributed by atoms with Gasteiger partial charge in [-0.25, -0.2) is 0 Å². The Bertz CT molecular complexity index is 458. The highest BCUT2D eigenvalue weighted by atomic mass is 16.5. The van der Waals surface area contributed by atoms with Crippen molar-refractivity contribution in [1.29, 1.82) is 0 Å². The monoisotopic (exact) mass is 234 g/mol. The van der Waals surface area contributed by atoms with Crippen LogP contribution < -0.4 is 5.32 Å². The van der Waals surface area contributed by atoms with Gasteiger partial charge >= 0.3 is 0 Å². The predicted molar refractivity (Wildman–Crippen MR) is 68.2 cm³/mol. The Balaban J connectivity index is 2.04. The van der Waals surface area contributed by atoms with E-state index in [1.165, 1.54) is 0 Å². The summed E-state index contributed by atoms with van der Waals surface area (Å²) in [5.74, 6) is 0. The van der Waals surface area contributed by atoms with Gasteiger partial charge in [0.25, 0.3) is 6.01 Å². The molecule has 2 rings (SSSR count). The van der Waals surface area contributed by atoms with E-state index in [0.717, 1.165) is 11.1 Å². The van der Waals surface area contributed by atoms with Crippen LogP contribution in [0.1, 0.15) is 20.8 Å². The van der Waals surface area contributed by atoms with Crippen LogP contribution in [0.3, 0.4) is 0 Å². The molecule has 0 saturated heterocycles. The maximum atomic E-state index is 5.59. The summed E-state index contributed by atoms with van der Waals surface area (Å²) >= 11 is 0. The lowest BCUT2D eigenvalue weighted by Gasteiger charge is -2.24. The summed E-state index contributed by atoms with van der Waals surface area (Å²) in [5, 5.41) is 3.16. The summed E-state index contributed by atoms with van der Waals surface area (Å²) in [4.78, 5) is 4.34. The zero-order valence-electron chi connectivity index (χ0n) is 10.5. The Morgan fingerprint density at radius 3 is 2.82 bits per heavy atom. The maximum Gasteiger partial charge on any atom is 0.295 e. The second-order valence-corrected chi connectivity index (χ2v) is 4.53. The molecule has 0 spiro atoms. The SMILES string of the molecule is CCOC(C)(C)CNc1nc2ccccc2o1. The molecule has 0 amide bonds. The highest BCUT2D eigenvalue weighted by molar-refractivity contribution is 5.74. The van der Waals surface area contributed by atoms with Gasteiger partial charge in [-0.05, 0) is 32.9 Å². The Morgan fingerprint density at radius 1 is 1.35 bits per heavy atom. The molecule has 2 aromatic rings. The number of hydrogen-bond donors (Lipinski definition) is 1. The zero-order chi connectivity index (χ0) is 12.3. The normalized spacial score (nSPS) is 11.9. The van der Waals surface area contributed by atoms with Gasteiger partial charge in [0.15, 0.2) is 5.58 Å². The van der Waals surface area contributed by atoms with Crippen LogP contribution >= 0.6 is 0 Å². The molecule has 0 atom stereocenters. The number of oxazole rings is 1. The van der Waals surface area contributed by atoms with Gasteiger partial charge in [-0.1, -0.05) is 12.1 Å². The molecule has 1 aromatic heterocycles. The molecule has 0 aliphatic heterocycles. The minimum absolute atomic E-state index is 0.227. The molecule has 0 unspecified atom stereocenters. The first-order chi connectivity index (χ1) is 8.11. The topological polar surface area (TPSA) is 47.3 Å². The number of nitrogens with zero attached hydrogens (tertiary/aromatic N) is 1. The fourth-order valence-electron chi connectivity index (χ4n) is 1.68. The zero-order valence-corrected chi connectivity index (χ0v) is 10.5. The fraction of sp³-hybridized carbons (Fsp3) is 0.462. The van der Waals surface area contributed by atoms with Gasteiger partial charge in [0.05, 0.1) is 5.60 Å². The molecule has 17 heavy (non-hydrogen) atoms. The van der Waals surface area contributed by atoms with Crippen molar-refractivity contribution in [2.24, 2.45) is 0 Å². The van der Waals surface area contributed by atoms with Crippen LogP contribution in [-0.4, -0.2) is 23.7 Å². The highest BCUT2D eigenvalue weighted by Gasteiger charge is 2.18. The quantitative estimate of drug-likeness (QED) is 0.863. The van der Waals surface area contributed by atoms with Gasteiger partial charge in [0.2, 0.25) is 0 Å².